The highest BCUT2D eigenvalue weighted by atomic mass is 16.6. The monoisotopic (exact) mass is 322 g/mol. The molecular formula is C16H22N2O5. The number of phenolic OH excluding ortho intramolecular Hbond substituents is 1. The maximum absolute atomic E-state index is 12.5. The summed E-state index contributed by atoms with van der Waals surface area (Å²) in [6.07, 6.45) is 3.65. The lowest BCUT2D eigenvalue weighted by molar-refractivity contribution is -0.384. The number of non-ortho nitro benzene ring substituents is 1. The van der Waals surface area contributed by atoms with E-state index >= 15 is 0 Å². The van der Waals surface area contributed by atoms with E-state index in [0.29, 0.717) is 13.1 Å². The smallest absolute Gasteiger partial charge is 0.273 e. The number of aromatic hydroxyl groups is 1. The van der Waals surface area contributed by atoms with Crippen LogP contribution in [0.5, 0.6) is 5.75 Å². The standard InChI is InChI=1S/C16H22N2O5/c1-2-10-23-13-4-3-8-17(9-7-13)16(20)14-6-5-12(18(21)22)11-15(14)19/h5-6,11,13,19H,2-4,7-10H2,1H3/t13-/m0/s1. The van der Waals surface area contributed by atoms with Crippen LogP contribution in [0.15, 0.2) is 18.2 Å². The molecule has 1 atom stereocenters. The largest absolute Gasteiger partial charge is 0.507 e. The van der Waals surface area contributed by atoms with Crippen molar-refractivity contribution in [1.82, 2.24) is 4.90 Å². The summed E-state index contributed by atoms with van der Waals surface area (Å²) in [4.78, 5) is 24.3. The number of nitro benzene ring substituents is 1. The highest BCUT2D eigenvalue weighted by Gasteiger charge is 2.24. The predicted octanol–water partition coefficient (Wildman–Crippen LogP) is 2.72. The van der Waals surface area contributed by atoms with Crippen LogP contribution in [0.25, 0.3) is 0 Å². The molecule has 1 heterocycles. The third-order valence-electron chi connectivity index (χ3n) is 3.94. The van der Waals surface area contributed by atoms with E-state index in [9.17, 15) is 20.0 Å². The summed E-state index contributed by atoms with van der Waals surface area (Å²) < 4.78 is 5.75. The number of likely N-dealkylation sites (tertiary alicyclic amines) is 1. The number of amides is 1. The van der Waals surface area contributed by atoms with Crippen LogP contribution in [0.1, 0.15) is 43.0 Å². The van der Waals surface area contributed by atoms with E-state index in [2.05, 4.69) is 6.92 Å². The number of nitro groups is 1. The minimum absolute atomic E-state index is 0.100. The van der Waals surface area contributed by atoms with Gasteiger partial charge in [0, 0.05) is 25.8 Å². The summed E-state index contributed by atoms with van der Waals surface area (Å²) >= 11 is 0. The fraction of sp³-hybridized carbons (Fsp3) is 0.562. The molecule has 1 aromatic carbocycles. The number of rotatable bonds is 5. The summed E-state index contributed by atoms with van der Waals surface area (Å²) in [5.41, 5.74) is -0.133. The Balaban J connectivity index is 2.04. The number of phenols is 1. The fourth-order valence-corrected chi connectivity index (χ4v) is 2.70. The molecule has 1 aliphatic heterocycles. The quantitative estimate of drug-likeness (QED) is 0.664. The van der Waals surface area contributed by atoms with E-state index in [1.807, 2.05) is 0 Å². The van der Waals surface area contributed by atoms with Gasteiger partial charge in [0.15, 0.2) is 0 Å². The summed E-state index contributed by atoms with van der Waals surface area (Å²) in [5.74, 6) is -0.652. The number of hydrogen-bond donors (Lipinski definition) is 1. The number of carbonyl (C=O) groups excluding carboxylic acids is 1. The first kappa shape index (κ1) is 17.2. The van der Waals surface area contributed by atoms with Crippen LogP contribution in [-0.2, 0) is 4.74 Å². The van der Waals surface area contributed by atoms with Crippen LogP contribution >= 0.6 is 0 Å². The fourth-order valence-electron chi connectivity index (χ4n) is 2.70. The number of carbonyl (C=O) groups is 1. The van der Waals surface area contributed by atoms with Crippen molar-refractivity contribution < 1.29 is 19.6 Å². The number of benzene rings is 1. The van der Waals surface area contributed by atoms with Crippen LogP contribution in [0.3, 0.4) is 0 Å². The molecule has 0 spiro atoms. The van der Waals surface area contributed by atoms with Gasteiger partial charge in [0.1, 0.15) is 5.75 Å². The van der Waals surface area contributed by atoms with E-state index in [1.165, 1.54) is 12.1 Å². The molecule has 7 heteroatoms. The second-order valence-electron chi connectivity index (χ2n) is 5.67. The Morgan fingerprint density at radius 2 is 2.22 bits per heavy atom. The Hall–Kier alpha value is -2.15. The molecule has 2 rings (SSSR count). The zero-order chi connectivity index (χ0) is 16.8. The van der Waals surface area contributed by atoms with Gasteiger partial charge in [-0.05, 0) is 31.7 Å². The number of nitrogens with zero attached hydrogens (tertiary/aromatic N) is 2. The zero-order valence-corrected chi connectivity index (χ0v) is 13.2. The first-order valence-corrected chi connectivity index (χ1v) is 7.91. The van der Waals surface area contributed by atoms with Gasteiger partial charge in [-0.15, -0.1) is 0 Å². The average Bonchev–Trinajstić information content (AvgIpc) is 2.77. The normalized spacial score (nSPS) is 18.5. The SMILES string of the molecule is CCCO[C@H]1CCCN(C(=O)c2ccc([N+](=O)[O-])cc2O)CC1. The molecule has 1 saturated heterocycles. The zero-order valence-electron chi connectivity index (χ0n) is 13.2. The second kappa shape index (κ2) is 7.92. The molecule has 0 radical (unpaired) electrons. The van der Waals surface area contributed by atoms with Crippen LogP contribution in [-0.4, -0.2) is 46.6 Å². The van der Waals surface area contributed by atoms with Crippen LogP contribution < -0.4 is 0 Å². The third kappa shape index (κ3) is 4.41. The van der Waals surface area contributed by atoms with Crippen molar-refractivity contribution in [3.05, 3.63) is 33.9 Å². The van der Waals surface area contributed by atoms with Crippen molar-refractivity contribution in [3.63, 3.8) is 0 Å². The average molecular weight is 322 g/mol. The van der Waals surface area contributed by atoms with E-state index in [-0.39, 0.29) is 29.0 Å². The van der Waals surface area contributed by atoms with Gasteiger partial charge >= 0.3 is 0 Å². The Bertz CT molecular complexity index is 576. The molecule has 1 aliphatic rings. The molecule has 0 aromatic heterocycles. The molecule has 126 valence electrons. The lowest BCUT2D eigenvalue weighted by atomic mass is 10.1. The van der Waals surface area contributed by atoms with Gasteiger partial charge in [-0.2, -0.15) is 0 Å². The minimum atomic E-state index is -0.602. The van der Waals surface area contributed by atoms with Crippen molar-refractivity contribution in [2.24, 2.45) is 0 Å². The molecule has 0 bridgehead atoms. The Morgan fingerprint density at radius 1 is 1.43 bits per heavy atom. The Labute approximate surface area is 135 Å². The highest BCUT2D eigenvalue weighted by Crippen LogP contribution is 2.26. The van der Waals surface area contributed by atoms with Crippen LogP contribution in [0.2, 0.25) is 0 Å². The lowest BCUT2D eigenvalue weighted by Crippen LogP contribution is -2.32. The molecule has 1 N–H and O–H groups in total. The summed E-state index contributed by atoms with van der Waals surface area (Å²) in [5, 5.41) is 20.6. The van der Waals surface area contributed by atoms with Crippen molar-refractivity contribution in [2.75, 3.05) is 19.7 Å². The van der Waals surface area contributed by atoms with Gasteiger partial charge in [0.05, 0.1) is 22.7 Å². The topological polar surface area (TPSA) is 92.9 Å². The van der Waals surface area contributed by atoms with Gasteiger partial charge in [0.25, 0.3) is 11.6 Å². The minimum Gasteiger partial charge on any atom is -0.507 e. The molecule has 1 fully saturated rings. The van der Waals surface area contributed by atoms with Gasteiger partial charge in [-0.1, -0.05) is 6.92 Å². The van der Waals surface area contributed by atoms with E-state index < -0.39 is 4.92 Å². The van der Waals surface area contributed by atoms with Gasteiger partial charge in [-0.25, -0.2) is 0 Å². The molecule has 0 saturated carbocycles. The molecule has 7 nitrogen and oxygen atoms in total. The summed E-state index contributed by atoms with van der Waals surface area (Å²) in [6.45, 7) is 3.94. The van der Waals surface area contributed by atoms with E-state index in [4.69, 9.17) is 4.74 Å². The third-order valence-corrected chi connectivity index (χ3v) is 3.94. The maximum atomic E-state index is 12.5. The van der Waals surface area contributed by atoms with Crippen molar-refractivity contribution in [2.45, 2.75) is 38.7 Å². The van der Waals surface area contributed by atoms with Gasteiger partial charge < -0.3 is 14.7 Å². The number of ether oxygens (including phenoxy) is 1. The van der Waals surface area contributed by atoms with Gasteiger partial charge in [0.2, 0.25) is 0 Å². The highest BCUT2D eigenvalue weighted by molar-refractivity contribution is 5.97. The lowest BCUT2D eigenvalue weighted by Gasteiger charge is -2.21. The van der Waals surface area contributed by atoms with Gasteiger partial charge in [-0.3, -0.25) is 14.9 Å². The molecule has 0 unspecified atom stereocenters. The Morgan fingerprint density at radius 3 is 2.87 bits per heavy atom. The summed E-state index contributed by atoms with van der Waals surface area (Å²) in [7, 11) is 0. The Kier molecular flexibility index (Phi) is 5.92. The van der Waals surface area contributed by atoms with E-state index in [0.717, 1.165) is 38.4 Å². The first-order valence-electron chi connectivity index (χ1n) is 7.91. The number of hydrogen-bond acceptors (Lipinski definition) is 5. The van der Waals surface area contributed by atoms with Crippen molar-refractivity contribution in [3.8, 4) is 5.75 Å². The van der Waals surface area contributed by atoms with Crippen LogP contribution in [0.4, 0.5) is 5.69 Å². The van der Waals surface area contributed by atoms with Crippen molar-refractivity contribution in [1.29, 1.82) is 0 Å². The van der Waals surface area contributed by atoms with Crippen molar-refractivity contribution >= 4 is 11.6 Å². The van der Waals surface area contributed by atoms with E-state index in [1.54, 1.807) is 4.90 Å². The predicted molar refractivity (Wildman–Crippen MR) is 84.5 cm³/mol. The molecule has 1 amide bonds. The first-order chi connectivity index (χ1) is 11.0. The maximum Gasteiger partial charge on any atom is 0.273 e. The molecule has 0 aliphatic carbocycles. The summed E-state index contributed by atoms with van der Waals surface area (Å²) in [6, 6.07) is 3.56. The molecule has 1 aromatic rings. The van der Waals surface area contributed by atoms with Crippen LogP contribution in [0, 0.1) is 10.1 Å². The molecule has 23 heavy (non-hydrogen) atoms. The molecular weight excluding hydrogens is 300 g/mol. The second-order valence-corrected chi connectivity index (χ2v) is 5.67.